The molecule has 0 saturated carbocycles. The molecule has 0 saturated heterocycles. The largest absolute Gasteiger partial charge is 0.496 e. The topological polar surface area (TPSA) is 215 Å². The summed E-state index contributed by atoms with van der Waals surface area (Å²) >= 11 is 15.7. The van der Waals surface area contributed by atoms with Crippen molar-refractivity contribution in [1.82, 2.24) is 59.3 Å². The molecule has 8 heterocycles. The van der Waals surface area contributed by atoms with E-state index < -0.39 is 0 Å². The van der Waals surface area contributed by atoms with Gasteiger partial charge in [0.15, 0.2) is 0 Å². The third kappa shape index (κ3) is 13.9. The number of rotatable bonds is 6. The number of ether oxygens (including phenoxy) is 2. The van der Waals surface area contributed by atoms with Crippen LogP contribution in [0.15, 0.2) is 45.7 Å². The Morgan fingerprint density at radius 3 is 1.45 bits per heavy atom. The van der Waals surface area contributed by atoms with Crippen molar-refractivity contribution in [2.75, 3.05) is 20.0 Å². The molecule has 0 aliphatic heterocycles. The van der Waals surface area contributed by atoms with Crippen LogP contribution >= 0.6 is 11.6 Å². The Hall–Kier alpha value is -4.41. The van der Waals surface area contributed by atoms with Crippen LogP contribution in [-0.2, 0) is 141 Å². The zero-order valence-electron chi connectivity index (χ0n) is 42.5. The summed E-state index contributed by atoms with van der Waals surface area (Å²) in [5, 5.41) is 12.3. The SMILES string of the molecule is COc1cc2c(cc1-c1c(C)noc1C)[nH]c1nc(C)nc(Cc3cnc(C)n3C)c12.COc1cc2c(cc1-c1c(C)noc1C)[nH]c1nc(C)nc(Cl)c12.Cc1ncc(N)n1C.S=S=S=S=S=S=S=S=S=S=S=S=S. The lowest BCUT2D eigenvalue weighted by Crippen LogP contribution is -2.03. The summed E-state index contributed by atoms with van der Waals surface area (Å²) in [5.74, 6) is 6.96. The van der Waals surface area contributed by atoms with Crippen molar-refractivity contribution in [3.63, 3.8) is 0 Å². The molecule has 0 radical (unpaired) electrons. The van der Waals surface area contributed by atoms with Gasteiger partial charge in [0, 0.05) is 191 Å². The number of aromatic amines is 2. The van der Waals surface area contributed by atoms with E-state index in [0.717, 1.165) is 124 Å². The van der Waals surface area contributed by atoms with E-state index in [-0.39, 0.29) is 0 Å². The number of nitrogens with two attached hydrogens (primary N) is 1. The molecule has 0 unspecified atom stereocenters. The molecule has 0 spiro atoms. The van der Waals surface area contributed by atoms with Crippen LogP contribution < -0.4 is 15.2 Å². The standard InChI is InChI=1S/C23H24N6O2.C17H15ClN4O2.C5H9N3.S13/c1-11-21(12(2)31-28-11)17-8-18-16(9-20(17)30-6)22-19(25-13(3)26-23(22)27-18)7-15-10-24-14(4)29(15)5;1-7-14(8(2)24-22-7)11-5-12-10(6-13(11)23-4)15-16(18)19-9(3)20-17(15)21-12;1-4-7-3-5(6)8(4)2;1-3-5-7-9-11-13-12-10-8-6-4-2/h8-10H,7H2,1-6H3,(H,25,26,27);5-6H,1-4H3,(H,19,20,21);3H,6H2,1-2H3;. The molecule has 402 valence electrons. The maximum absolute atomic E-state index is 6.33. The van der Waals surface area contributed by atoms with Gasteiger partial charge in [-0.15, -0.1) is 0 Å². The van der Waals surface area contributed by atoms with Crippen LogP contribution in [0.4, 0.5) is 5.82 Å². The number of aromatic nitrogens is 12. The summed E-state index contributed by atoms with van der Waals surface area (Å²) in [6.45, 7) is 15.3. The lowest BCUT2D eigenvalue weighted by molar-refractivity contribution is 0.393. The summed E-state index contributed by atoms with van der Waals surface area (Å²) in [4.78, 5) is 33.3. The number of imidazole rings is 2. The maximum atomic E-state index is 6.33. The molecule has 8 aromatic heterocycles. The quantitative estimate of drug-likeness (QED) is 0.133. The molecule has 0 fully saturated rings. The van der Waals surface area contributed by atoms with E-state index in [2.05, 4.69) is 55.8 Å². The zero-order valence-corrected chi connectivity index (χ0v) is 53.9. The highest BCUT2D eigenvalue weighted by Crippen LogP contribution is 2.42. The van der Waals surface area contributed by atoms with Crippen LogP contribution in [0, 0.1) is 55.4 Å². The van der Waals surface area contributed by atoms with Gasteiger partial charge in [-0.1, -0.05) is 21.9 Å². The van der Waals surface area contributed by atoms with Gasteiger partial charge in [-0.3, -0.25) is 0 Å². The van der Waals surface area contributed by atoms with E-state index in [0.29, 0.717) is 28.9 Å². The first-order valence-corrected chi connectivity index (χ1v) is 38.4. The molecule has 10 aromatic rings. The van der Waals surface area contributed by atoms with Crippen molar-refractivity contribution < 1.29 is 18.5 Å². The molecule has 10 rings (SSSR count). The van der Waals surface area contributed by atoms with E-state index in [4.69, 9.17) is 63.2 Å². The number of nitrogen functional groups attached to an aromatic ring is 1. The van der Waals surface area contributed by atoms with Crippen LogP contribution in [0.5, 0.6) is 11.5 Å². The number of anilines is 1. The number of nitrogens with zero attached hydrogens (tertiary/aromatic N) is 10. The van der Waals surface area contributed by atoms with Gasteiger partial charge in [-0.2, -0.15) is 0 Å². The molecule has 0 amide bonds. The van der Waals surface area contributed by atoms with Gasteiger partial charge >= 0.3 is 0 Å². The Bertz CT molecular complexity index is 4250. The molecule has 76 heavy (non-hydrogen) atoms. The second kappa shape index (κ2) is 27.5. The molecule has 17 nitrogen and oxygen atoms in total. The number of nitrogens with one attached hydrogen (secondary N) is 2. The van der Waals surface area contributed by atoms with Crippen LogP contribution in [0.1, 0.15) is 57.6 Å². The smallest absolute Gasteiger partial charge is 0.143 e. The van der Waals surface area contributed by atoms with Gasteiger partial charge in [0.2, 0.25) is 0 Å². The number of hydrogen-bond acceptors (Lipinski definition) is 15. The lowest BCUT2D eigenvalue weighted by atomic mass is 10.00. The number of methoxy groups -OCH3 is 2. The van der Waals surface area contributed by atoms with Crippen molar-refractivity contribution in [2.24, 2.45) is 14.1 Å². The van der Waals surface area contributed by atoms with E-state index in [1.807, 2.05) is 98.4 Å². The normalized spacial score (nSPS) is 10.6. The van der Waals surface area contributed by atoms with Crippen molar-refractivity contribution >= 4 is 181 Å². The molecular formula is C45H48ClN13O4S13. The fourth-order valence-corrected chi connectivity index (χ4v) is 33.0. The first-order valence-electron chi connectivity index (χ1n) is 22.1. The summed E-state index contributed by atoms with van der Waals surface area (Å²) in [6, 6.07) is 8.08. The van der Waals surface area contributed by atoms with E-state index in [1.165, 1.54) is 17.8 Å². The molecule has 2 aromatic carbocycles. The lowest BCUT2D eigenvalue weighted by Gasteiger charge is -2.10. The minimum atomic E-state index is 0.427. The van der Waals surface area contributed by atoms with Gasteiger partial charge in [0.25, 0.3) is 0 Å². The zero-order chi connectivity index (χ0) is 54.8. The second-order valence-electron chi connectivity index (χ2n) is 16.1. The van der Waals surface area contributed by atoms with Gasteiger partial charge in [-0.25, -0.2) is 29.9 Å². The number of fused-ring (bicyclic) bond motifs is 6. The Labute approximate surface area is 483 Å². The first-order chi connectivity index (χ1) is 36.5. The van der Waals surface area contributed by atoms with Crippen LogP contribution in [0.2, 0.25) is 5.15 Å². The minimum Gasteiger partial charge on any atom is -0.496 e. The van der Waals surface area contributed by atoms with E-state index in [1.54, 1.807) is 100 Å². The summed E-state index contributed by atoms with van der Waals surface area (Å²) in [5.41, 5.74) is 16.3. The van der Waals surface area contributed by atoms with E-state index in [9.17, 15) is 0 Å². The third-order valence-corrected chi connectivity index (χ3v) is 34.1. The predicted molar refractivity (Wildman–Crippen MR) is 339 cm³/mol. The van der Waals surface area contributed by atoms with Crippen LogP contribution in [0.3, 0.4) is 0 Å². The number of halogens is 1. The molecule has 0 aliphatic rings. The predicted octanol–water partition coefficient (Wildman–Crippen LogP) is 8.97. The molecule has 0 aliphatic carbocycles. The van der Waals surface area contributed by atoms with Gasteiger partial charge in [-0.05, 0) is 79.7 Å². The number of H-pyrrole nitrogens is 2. The molecule has 0 bridgehead atoms. The van der Waals surface area contributed by atoms with Crippen LogP contribution in [0.25, 0.3) is 66.1 Å². The Kier molecular flexibility index (Phi) is 21.4. The first kappa shape index (κ1) is 59.3. The highest BCUT2D eigenvalue weighted by Gasteiger charge is 2.22. The Morgan fingerprint density at radius 1 is 0.605 bits per heavy atom. The number of aryl methyl sites for hydroxylation is 8. The van der Waals surface area contributed by atoms with Crippen molar-refractivity contribution in [3.05, 3.63) is 99.4 Å². The molecule has 4 N–H and O–H groups in total. The van der Waals surface area contributed by atoms with Crippen molar-refractivity contribution in [3.8, 4) is 33.8 Å². The average Bonchev–Trinajstić information content (AvgIpc) is 4.25. The van der Waals surface area contributed by atoms with Crippen molar-refractivity contribution in [2.45, 2.75) is 61.8 Å². The second-order valence-corrected chi connectivity index (χ2v) is 36.0. The maximum Gasteiger partial charge on any atom is 0.143 e. The number of hydrogen-bond donors (Lipinski definition) is 3. The summed E-state index contributed by atoms with van der Waals surface area (Å²) in [7, 11) is 25.3. The fraction of sp³-hybridized carbons (Fsp3) is 0.289. The monoisotopic (exact) mass is 1290 g/mol. The van der Waals surface area contributed by atoms with Crippen molar-refractivity contribution in [1.29, 1.82) is 0 Å². The minimum absolute atomic E-state index is 0.427. The van der Waals surface area contributed by atoms with E-state index >= 15 is 0 Å². The van der Waals surface area contributed by atoms with Gasteiger partial charge in [0.1, 0.15) is 68.6 Å². The molecule has 0 atom stereocenters. The fourth-order valence-electron chi connectivity index (χ4n) is 8.00. The van der Waals surface area contributed by atoms with Crippen LogP contribution in [-0.4, -0.2) is 73.5 Å². The van der Waals surface area contributed by atoms with Gasteiger partial charge < -0.3 is 43.4 Å². The number of benzene rings is 2. The average molecular weight is 1290 g/mol. The Balaban J connectivity index is 0.000000165. The molecule has 31 heteroatoms. The van der Waals surface area contributed by atoms with Gasteiger partial charge in [0.05, 0.1) is 54.0 Å². The summed E-state index contributed by atoms with van der Waals surface area (Å²) in [6.07, 6.45) is 4.22. The highest BCUT2D eigenvalue weighted by molar-refractivity contribution is 8.75. The third-order valence-electron chi connectivity index (χ3n) is 11.6. The Morgan fingerprint density at radius 2 is 1.05 bits per heavy atom. The summed E-state index contributed by atoms with van der Waals surface area (Å²) < 4.78 is 26.0. The highest BCUT2D eigenvalue weighted by atomic mass is 35.5. The molecular weight excluding hydrogens is 1240 g/mol.